The molecule has 0 amide bonds. The Morgan fingerprint density at radius 2 is 1.73 bits per heavy atom. The van der Waals surface area contributed by atoms with E-state index in [1.807, 2.05) is 32.9 Å². The third-order valence-electron chi connectivity index (χ3n) is 8.11. The van der Waals surface area contributed by atoms with Crippen molar-refractivity contribution in [1.29, 1.82) is 0 Å². The minimum absolute atomic E-state index is 0.177. The average molecular weight is 497 g/mol. The number of Topliss-reactive ketones (excluding diaryl/α,β-unsaturated/α-hetero) is 1. The average Bonchev–Trinajstić information content (AvgIpc) is 3.23. The van der Waals surface area contributed by atoms with E-state index in [2.05, 4.69) is 42.4 Å². The number of hydrogen-bond donors (Lipinski definition) is 1. The molecule has 6 heteroatoms. The molecule has 37 heavy (non-hydrogen) atoms. The number of carbonyl (C=O) groups is 2. The number of ketones is 1. The summed E-state index contributed by atoms with van der Waals surface area (Å²) in [4.78, 5) is 27.0. The third-order valence-corrected chi connectivity index (χ3v) is 8.11. The normalized spacial score (nSPS) is 21.6. The second-order valence-electron chi connectivity index (χ2n) is 10.8. The lowest BCUT2D eigenvalue weighted by Gasteiger charge is -2.32. The number of carbonyl (C=O) groups excluding carboxylic acids is 1. The minimum Gasteiger partial charge on any atom is -0.871 e. The van der Waals surface area contributed by atoms with Gasteiger partial charge in [0.05, 0.1) is 11.0 Å². The Bertz CT molecular complexity index is 1500. The summed E-state index contributed by atoms with van der Waals surface area (Å²) in [6.07, 6.45) is 3.49. The van der Waals surface area contributed by atoms with Gasteiger partial charge < -0.3 is 15.1 Å². The van der Waals surface area contributed by atoms with Crippen LogP contribution < -0.4 is 10.0 Å². The van der Waals surface area contributed by atoms with Gasteiger partial charge in [-0.15, -0.1) is 0 Å². The molecule has 2 heterocycles. The molecule has 0 unspecified atom stereocenters. The monoisotopic (exact) mass is 496 g/mol. The van der Waals surface area contributed by atoms with E-state index in [1.165, 1.54) is 5.56 Å². The standard InChI is InChI=1S/C31H32N2O4/c1-7-32-23-12-10-9-11-21(23)30(3,4)25(32)16-19-27(34)20(28(19)35)17-26-31(5,6)22-15-18(29(36)37)13-14-24(22)33(26)8-2/h9-17H,7-8H2,1-6H3,(H-,34,35,36,37). The van der Waals surface area contributed by atoms with Gasteiger partial charge in [-0.3, -0.25) is 4.79 Å². The molecule has 3 aliphatic rings. The highest BCUT2D eigenvalue weighted by molar-refractivity contribution is 6.24. The fourth-order valence-corrected chi connectivity index (χ4v) is 6.02. The number of anilines is 1. The number of fused-ring (bicyclic) bond motifs is 2. The first-order chi connectivity index (χ1) is 17.4. The highest BCUT2D eigenvalue weighted by Crippen LogP contribution is 2.49. The van der Waals surface area contributed by atoms with Crippen LogP contribution >= 0.6 is 0 Å². The molecule has 190 valence electrons. The maximum absolute atomic E-state index is 13.4. The van der Waals surface area contributed by atoms with Crippen molar-refractivity contribution in [3.8, 4) is 0 Å². The van der Waals surface area contributed by atoms with Crippen LogP contribution in [0.15, 0.2) is 77.2 Å². The lowest BCUT2D eigenvalue weighted by molar-refractivity contribution is -0.433. The van der Waals surface area contributed by atoms with E-state index in [4.69, 9.17) is 0 Å². The minimum atomic E-state index is -0.983. The summed E-state index contributed by atoms with van der Waals surface area (Å²) in [5.41, 5.74) is 5.55. The largest absolute Gasteiger partial charge is 0.871 e. The molecule has 0 atom stereocenters. The second kappa shape index (κ2) is 8.30. The molecule has 0 aromatic heterocycles. The van der Waals surface area contributed by atoms with Crippen molar-refractivity contribution in [3.63, 3.8) is 0 Å². The Labute approximate surface area is 217 Å². The maximum atomic E-state index is 13.4. The SMILES string of the molecule is CCN1C(=CC2=C([O-])C(=CC3=[N+](CC)c4ccccc4C3(C)C)C2=O)C(C)(C)c2cc(C(=O)O)ccc21. The fourth-order valence-electron chi connectivity index (χ4n) is 6.02. The zero-order chi connectivity index (χ0) is 26.9. The van der Waals surface area contributed by atoms with E-state index in [0.29, 0.717) is 6.54 Å². The van der Waals surface area contributed by atoms with Crippen molar-refractivity contribution in [2.24, 2.45) is 0 Å². The van der Waals surface area contributed by atoms with Crippen LogP contribution in [0.3, 0.4) is 0 Å². The van der Waals surface area contributed by atoms with Gasteiger partial charge in [0.2, 0.25) is 5.69 Å². The van der Waals surface area contributed by atoms with Gasteiger partial charge >= 0.3 is 5.97 Å². The number of para-hydroxylation sites is 1. The van der Waals surface area contributed by atoms with Gasteiger partial charge in [0.25, 0.3) is 0 Å². The Kier molecular flexibility index (Phi) is 5.55. The molecule has 0 saturated heterocycles. The number of carboxylic acid groups (broad SMARTS) is 1. The Morgan fingerprint density at radius 3 is 2.35 bits per heavy atom. The van der Waals surface area contributed by atoms with Gasteiger partial charge in [0.1, 0.15) is 6.54 Å². The van der Waals surface area contributed by atoms with E-state index in [-0.39, 0.29) is 33.7 Å². The molecule has 0 spiro atoms. The Balaban J connectivity index is 1.58. The number of rotatable bonds is 5. The summed E-state index contributed by atoms with van der Waals surface area (Å²) in [5, 5.41) is 22.8. The van der Waals surface area contributed by atoms with E-state index in [1.54, 1.807) is 30.4 Å². The van der Waals surface area contributed by atoms with Crippen LogP contribution in [0.25, 0.3) is 0 Å². The molecule has 2 aromatic rings. The maximum Gasteiger partial charge on any atom is 0.335 e. The van der Waals surface area contributed by atoms with E-state index >= 15 is 0 Å². The molecular weight excluding hydrogens is 464 g/mol. The summed E-state index contributed by atoms with van der Waals surface area (Å²) < 4.78 is 2.18. The highest BCUT2D eigenvalue weighted by atomic mass is 16.4. The molecule has 0 fully saturated rings. The summed E-state index contributed by atoms with van der Waals surface area (Å²) in [6.45, 7) is 13.7. The smallest absolute Gasteiger partial charge is 0.335 e. The van der Waals surface area contributed by atoms with Crippen molar-refractivity contribution in [2.75, 3.05) is 18.0 Å². The van der Waals surface area contributed by atoms with Crippen LogP contribution in [0, 0.1) is 0 Å². The first kappa shape index (κ1) is 24.8. The molecule has 1 aliphatic carbocycles. The van der Waals surface area contributed by atoms with Gasteiger partial charge in [0, 0.05) is 52.2 Å². The first-order valence-electron chi connectivity index (χ1n) is 12.7. The summed E-state index contributed by atoms with van der Waals surface area (Å²) in [7, 11) is 0. The number of hydrogen-bond acceptors (Lipinski definition) is 4. The topological polar surface area (TPSA) is 83.7 Å². The van der Waals surface area contributed by atoms with Crippen LogP contribution in [0.5, 0.6) is 0 Å². The van der Waals surface area contributed by atoms with Gasteiger partial charge in [-0.1, -0.05) is 37.8 Å². The number of carboxylic acids is 1. The van der Waals surface area contributed by atoms with Crippen molar-refractivity contribution in [2.45, 2.75) is 52.4 Å². The lowest BCUT2D eigenvalue weighted by Crippen LogP contribution is -2.35. The molecule has 2 aliphatic heterocycles. The van der Waals surface area contributed by atoms with E-state index < -0.39 is 11.4 Å². The van der Waals surface area contributed by atoms with Gasteiger partial charge in [-0.25, -0.2) is 4.79 Å². The zero-order valence-corrected chi connectivity index (χ0v) is 22.2. The molecule has 1 N–H and O–H groups in total. The molecule has 0 radical (unpaired) electrons. The third kappa shape index (κ3) is 3.42. The molecule has 6 nitrogen and oxygen atoms in total. The van der Waals surface area contributed by atoms with E-state index in [9.17, 15) is 19.8 Å². The fraction of sp³-hybridized carbons (Fsp3) is 0.323. The first-order valence-corrected chi connectivity index (χ1v) is 12.7. The number of benzene rings is 2. The molecule has 0 saturated carbocycles. The van der Waals surface area contributed by atoms with Gasteiger partial charge in [-0.2, -0.15) is 4.58 Å². The van der Waals surface area contributed by atoms with Crippen LogP contribution in [0.2, 0.25) is 0 Å². The molecule has 2 aromatic carbocycles. The predicted molar refractivity (Wildman–Crippen MR) is 143 cm³/mol. The van der Waals surface area contributed by atoms with Crippen LogP contribution in [-0.4, -0.2) is 40.2 Å². The summed E-state index contributed by atoms with van der Waals surface area (Å²) in [6, 6.07) is 13.3. The van der Waals surface area contributed by atoms with Crippen LogP contribution in [0.4, 0.5) is 11.4 Å². The number of aromatic carboxylic acids is 1. The Morgan fingerprint density at radius 1 is 1.03 bits per heavy atom. The van der Waals surface area contributed by atoms with Crippen molar-refractivity contribution >= 4 is 28.8 Å². The van der Waals surface area contributed by atoms with Crippen LogP contribution in [-0.2, 0) is 15.6 Å². The molecular formula is C31H32N2O4. The molecule has 5 rings (SSSR count). The summed E-state index contributed by atoms with van der Waals surface area (Å²) in [5.74, 6) is -1.48. The Hall–Kier alpha value is -3.93. The predicted octanol–water partition coefficient (Wildman–Crippen LogP) is 4.61. The summed E-state index contributed by atoms with van der Waals surface area (Å²) >= 11 is 0. The molecule has 0 bridgehead atoms. The number of likely N-dealkylation sites (N-methyl/N-ethyl adjacent to an activating group) is 1. The number of allylic oxidation sites excluding steroid dienone is 5. The lowest BCUT2D eigenvalue weighted by atomic mass is 9.77. The van der Waals surface area contributed by atoms with Gasteiger partial charge in [0.15, 0.2) is 11.5 Å². The van der Waals surface area contributed by atoms with Crippen molar-refractivity contribution in [1.82, 2.24) is 0 Å². The highest BCUT2D eigenvalue weighted by Gasteiger charge is 2.45. The van der Waals surface area contributed by atoms with Crippen LogP contribution in [0.1, 0.15) is 63.0 Å². The second-order valence-corrected chi connectivity index (χ2v) is 10.8. The van der Waals surface area contributed by atoms with Crippen molar-refractivity contribution < 1.29 is 24.4 Å². The van der Waals surface area contributed by atoms with Crippen molar-refractivity contribution in [3.05, 3.63) is 93.9 Å². The zero-order valence-electron chi connectivity index (χ0n) is 22.2. The van der Waals surface area contributed by atoms with E-state index in [0.717, 1.165) is 34.9 Å². The quantitative estimate of drug-likeness (QED) is 0.483. The van der Waals surface area contributed by atoms with Gasteiger partial charge in [-0.05, 0) is 57.5 Å². The number of nitrogens with zero attached hydrogens (tertiary/aromatic N) is 2.